The third-order valence-corrected chi connectivity index (χ3v) is 7.22. The van der Waals surface area contributed by atoms with Crippen LogP contribution in [0.3, 0.4) is 0 Å². The van der Waals surface area contributed by atoms with Crippen LogP contribution in [0.25, 0.3) is 22.3 Å². The summed E-state index contributed by atoms with van der Waals surface area (Å²) < 4.78 is 57.9. The summed E-state index contributed by atoms with van der Waals surface area (Å²) >= 11 is 12.1. The Balaban J connectivity index is 1.41. The summed E-state index contributed by atoms with van der Waals surface area (Å²) in [6.45, 7) is 1.62. The standard InChI is InChI=1S/C31H21Cl2F4N3O3/c1-16-38-30(43-40-16)27(12-17-2-4-18(5-3-17)20-8-11-26(34)24(32)14-20)39-29(42)23-13-21(15-25(33)28(23)41)19-6-9-22(10-7-19)31(35,36)37/h2-11,13-15,27,41H,12H2,1H3,(H,39,42)/t27-/m1/s1. The van der Waals surface area contributed by atoms with Crippen molar-refractivity contribution in [3.05, 3.63) is 123 Å². The molecule has 0 aliphatic carbocycles. The normalized spacial score (nSPS) is 12.3. The van der Waals surface area contributed by atoms with Gasteiger partial charge in [0.2, 0.25) is 5.89 Å². The van der Waals surface area contributed by atoms with Crippen molar-refractivity contribution in [1.29, 1.82) is 0 Å². The van der Waals surface area contributed by atoms with E-state index in [1.807, 2.05) is 24.3 Å². The molecule has 4 aromatic carbocycles. The highest BCUT2D eigenvalue weighted by Crippen LogP contribution is 2.36. The molecule has 0 unspecified atom stereocenters. The van der Waals surface area contributed by atoms with Crippen LogP contribution in [-0.2, 0) is 12.6 Å². The number of benzene rings is 4. The van der Waals surface area contributed by atoms with Gasteiger partial charge in [-0.2, -0.15) is 18.2 Å². The number of aromatic hydroxyl groups is 1. The maximum Gasteiger partial charge on any atom is 0.416 e. The number of nitrogens with zero attached hydrogens (tertiary/aromatic N) is 2. The molecule has 0 saturated heterocycles. The fourth-order valence-electron chi connectivity index (χ4n) is 4.43. The maximum absolute atomic E-state index is 13.6. The van der Waals surface area contributed by atoms with Crippen molar-refractivity contribution in [3.63, 3.8) is 0 Å². The first-order valence-corrected chi connectivity index (χ1v) is 13.5. The molecule has 5 aromatic rings. The van der Waals surface area contributed by atoms with E-state index in [2.05, 4.69) is 15.5 Å². The van der Waals surface area contributed by atoms with Gasteiger partial charge in [0.05, 0.1) is 21.2 Å². The van der Waals surface area contributed by atoms with E-state index in [4.69, 9.17) is 27.7 Å². The number of phenols is 1. The van der Waals surface area contributed by atoms with Crippen molar-refractivity contribution in [3.8, 4) is 28.0 Å². The summed E-state index contributed by atoms with van der Waals surface area (Å²) in [5.41, 5.74) is 1.94. The molecule has 0 radical (unpaired) electrons. The van der Waals surface area contributed by atoms with Crippen molar-refractivity contribution in [1.82, 2.24) is 15.5 Å². The molecular formula is C31H21Cl2F4N3O3. The summed E-state index contributed by atoms with van der Waals surface area (Å²) in [6, 6.07) is 17.9. The Morgan fingerprint density at radius 1 is 0.907 bits per heavy atom. The molecule has 0 bridgehead atoms. The van der Waals surface area contributed by atoms with Crippen LogP contribution in [0.1, 0.15) is 39.2 Å². The van der Waals surface area contributed by atoms with Gasteiger partial charge in [0, 0.05) is 6.42 Å². The first kappa shape index (κ1) is 30.1. The van der Waals surface area contributed by atoms with E-state index in [0.29, 0.717) is 17.0 Å². The average Bonchev–Trinajstić information content (AvgIpc) is 3.41. The molecule has 1 atom stereocenters. The van der Waals surface area contributed by atoms with E-state index >= 15 is 0 Å². The monoisotopic (exact) mass is 629 g/mol. The number of amides is 1. The van der Waals surface area contributed by atoms with Gasteiger partial charge in [0.1, 0.15) is 17.6 Å². The molecular weight excluding hydrogens is 609 g/mol. The molecule has 12 heteroatoms. The van der Waals surface area contributed by atoms with E-state index in [9.17, 15) is 27.5 Å². The molecule has 0 saturated carbocycles. The second kappa shape index (κ2) is 12.1. The fraction of sp³-hybridized carbons (Fsp3) is 0.129. The predicted molar refractivity (Wildman–Crippen MR) is 153 cm³/mol. The van der Waals surface area contributed by atoms with Crippen LogP contribution in [0, 0.1) is 12.7 Å². The Bertz CT molecular complexity index is 1790. The summed E-state index contributed by atoms with van der Waals surface area (Å²) in [5, 5.41) is 17.0. The Morgan fingerprint density at radius 2 is 1.51 bits per heavy atom. The van der Waals surface area contributed by atoms with Gasteiger partial charge in [0.25, 0.3) is 5.91 Å². The Morgan fingerprint density at radius 3 is 2.12 bits per heavy atom. The van der Waals surface area contributed by atoms with Gasteiger partial charge < -0.3 is 14.9 Å². The molecule has 5 rings (SSSR count). The van der Waals surface area contributed by atoms with Gasteiger partial charge in [-0.25, -0.2) is 4.39 Å². The minimum Gasteiger partial charge on any atom is -0.506 e. The summed E-state index contributed by atoms with van der Waals surface area (Å²) in [6.07, 6.45) is -4.29. The zero-order chi connectivity index (χ0) is 30.9. The molecule has 0 spiro atoms. The lowest BCUT2D eigenvalue weighted by atomic mass is 9.99. The molecule has 6 nitrogen and oxygen atoms in total. The van der Waals surface area contributed by atoms with Gasteiger partial charge in [-0.1, -0.05) is 70.8 Å². The number of alkyl halides is 3. The number of nitrogens with one attached hydrogen (secondary N) is 1. The first-order valence-electron chi connectivity index (χ1n) is 12.7. The SMILES string of the molecule is Cc1noc([C@@H](Cc2ccc(-c3ccc(F)c(Cl)c3)cc2)NC(=O)c2cc(-c3ccc(C(F)(F)F)cc3)cc(Cl)c2O)n1. The van der Waals surface area contributed by atoms with Crippen LogP contribution >= 0.6 is 23.2 Å². The number of halogens is 6. The zero-order valence-electron chi connectivity index (χ0n) is 22.2. The summed E-state index contributed by atoms with van der Waals surface area (Å²) in [4.78, 5) is 17.7. The lowest BCUT2D eigenvalue weighted by Crippen LogP contribution is -2.30. The lowest BCUT2D eigenvalue weighted by Gasteiger charge is -2.17. The van der Waals surface area contributed by atoms with Gasteiger partial charge in [0.15, 0.2) is 5.82 Å². The number of rotatable bonds is 7. The fourth-order valence-corrected chi connectivity index (χ4v) is 4.83. The molecule has 1 aromatic heterocycles. The number of aromatic nitrogens is 2. The first-order chi connectivity index (χ1) is 20.4. The van der Waals surface area contributed by atoms with Crippen molar-refractivity contribution < 1.29 is 32.0 Å². The third kappa shape index (κ3) is 6.81. The minimum atomic E-state index is -4.51. The quantitative estimate of drug-likeness (QED) is 0.176. The van der Waals surface area contributed by atoms with E-state index in [-0.39, 0.29) is 27.9 Å². The number of aryl methyl sites for hydroxylation is 1. The van der Waals surface area contributed by atoms with Crippen LogP contribution in [-0.4, -0.2) is 21.2 Å². The average molecular weight is 630 g/mol. The molecule has 220 valence electrons. The number of hydrogen-bond acceptors (Lipinski definition) is 5. The molecule has 0 fully saturated rings. The number of phenolic OH excluding ortho intramolecular Hbond substituents is 1. The van der Waals surface area contributed by atoms with Crippen molar-refractivity contribution in [2.75, 3.05) is 0 Å². The highest BCUT2D eigenvalue weighted by Gasteiger charge is 2.30. The van der Waals surface area contributed by atoms with Gasteiger partial charge in [-0.05, 0) is 71.1 Å². The maximum atomic E-state index is 13.6. The molecule has 1 amide bonds. The van der Waals surface area contributed by atoms with E-state index in [1.54, 1.807) is 13.0 Å². The Labute approximate surface area is 252 Å². The summed E-state index contributed by atoms with van der Waals surface area (Å²) in [7, 11) is 0. The number of carbonyl (C=O) groups excluding carboxylic acids is 1. The van der Waals surface area contributed by atoms with Gasteiger partial charge in [-0.15, -0.1) is 0 Å². The Kier molecular flexibility index (Phi) is 8.43. The molecule has 0 aliphatic heterocycles. The van der Waals surface area contributed by atoms with Crippen LogP contribution in [0.5, 0.6) is 5.75 Å². The van der Waals surface area contributed by atoms with Crippen molar-refractivity contribution >= 4 is 29.1 Å². The smallest absolute Gasteiger partial charge is 0.416 e. The number of carbonyl (C=O) groups is 1. The zero-order valence-corrected chi connectivity index (χ0v) is 23.7. The van der Waals surface area contributed by atoms with Crippen LogP contribution in [0.15, 0.2) is 83.4 Å². The molecule has 2 N–H and O–H groups in total. The predicted octanol–water partition coefficient (Wildman–Crippen LogP) is 8.60. The topological polar surface area (TPSA) is 88.2 Å². The van der Waals surface area contributed by atoms with Crippen molar-refractivity contribution in [2.45, 2.75) is 25.6 Å². The summed E-state index contributed by atoms with van der Waals surface area (Å²) in [5.74, 6) is -1.30. The molecule has 43 heavy (non-hydrogen) atoms. The lowest BCUT2D eigenvalue weighted by molar-refractivity contribution is -0.137. The highest BCUT2D eigenvalue weighted by molar-refractivity contribution is 6.33. The number of hydrogen-bond donors (Lipinski definition) is 2. The molecule has 1 heterocycles. The van der Waals surface area contributed by atoms with Crippen LogP contribution in [0.2, 0.25) is 10.0 Å². The third-order valence-electron chi connectivity index (χ3n) is 6.65. The Hall–Kier alpha value is -4.41. The second-order valence-corrected chi connectivity index (χ2v) is 10.5. The minimum absolute atomic E-state index is 0.00173. The van der Waals surface area contributed by atoms with Gasteiger partial charge >= 0.3 is 6.18 Å². The van der Waals surface area contributed by atoms with E-state index < -0.39 is 35.3 Å². The van der Waals surface area contributed by atoms with Gasteiger partial charge in [-0.3, -0.25) is 4.79 Å². The highest BCUT2D eigenvalue weighted by atomic mass is 35.5. The van der Waals surface area contributed by atoms with Crippen LogP contribution < -0.4 is 5.32 Å². The van der Waals surface area contributed by atoms with Crippen molar-refractivity contribution in [2.24, 2.45) is 0 Å². The second-order valence-electron chi connectivity index (χ2n) is 9.67. The van der Waals surface area contributed by atoms with E-state index in [0.717, 1.165) is 28.8 Å². The van der Waals surface area contributed by atoms with E-state index in [1.165, 1.54) is 36.4 Å². The largest absolute Gasteiger partial charge is 0.506 e. The molecule has 0 aliphatic rings. The van der Waals surface area contributed by atoms with Crippen LogP contribution in [0.4, 0.5) is 17.6 Å².